The molecule has 2 N–H and O–H groups in total. The topological polar surface area (TPSA) is 78.5 Å². The van der Waals surface area contributed by atoms with Crippen molar-refractivity contribution in [3.63, 3.8) is 0 Å². The molecule has 7 heteroatoms. The van der Waals surface area contributed by atoms with E-state index in [0.29, 0.717) is 25.9 Å². The molecule has 1 fully saturated rings. The minimum absolute atomic E-state index is 0.142. The van der Waals surface area contributed by atoms with E-state index in [1.54, 1.807) is 4.90 Å². The Kier molecular flexibility index (Phi) is 6.92. The summed E-state index contributed by atoms with van der Waals surface area (Å²) in [6.45, 7) is 3.04. The Balaban J connectivity index is 1.89. The fourth-order valence-corrected chi connectivity index (χ4v) is 4.80. The third kappa shape index (κ3) is 5.81. The van der Waals surface area contributed by atoms with Gasteiger partial charge in [0.15, 0.2) is 0 Å². The highest BCUT2D eigenvalue weighted by Crippen LogP contribution is 2.25. The first-order valence-corrected chi connectivity index (χ1v) is 11.9. The summed E-state index contributed by atoms with van der Waals surface area (Å²) >= 11 is 0. The van der Waals surface area contributed by atoms with Crippen molar-refractivity contribution in [2.45, 2.75) is 38.3 Å². The molecule has 29 heavy (non-hydrogen) atoms. The third-order valence-corrected chi connectivity index (χ3v) is 5.94. The summed E-state index contributed by atoms with van der Waals surface area (Å²) in [5, 5.41) is 2.86. The summed E-state index contributed by atoms with van der Waals surface area (Å²) in [5.41, 5.74) is 3.31. The van der Waals surface area contributed by atoms with Crippen LogP contribution >= 0.6 is 0 Å². The van der Waals surface area contributed by atoms with E-state index in [-0.39, 0.29) is 18.1 Å². The van der Waals surface area contributed by atoms with Crippen LogP contribution in [0.25, 0.3) is 11.1 Å². The lowest BCUT2D eigenvalue weighted by Crippen LogP contribution is -2.59. The van der Waals surface area contributed by atoms with Crippen molar-refractivity contribution in [2.75, 3.05) is 19.3 Å². The Hall–Kier alpha value is -2.38. The molecule has 2 amide bonds. The number of nitrogens with one attached hydrogen (secondary N) is 2. The number of carbonyl (C=O) groups is 1. The summed E-state index contributed by atoms with van der Waals surface area (Å²) in [6.07, 6.45) is 3.24. The standard InChI is InChI=1S/C22H29N3O3S/c1-3-23-22(26)25-14-8-13-20(24-29(2,27)28)21(25)16-17-9-7-12-19(15-17)18-10-5-4-6-11-18/h4-7,9-12,15,20-21,24H,3,8,13-14,16H2,1-2H3,(H,23,26). The van der Waals surface area contributed by atoms with Crippen LogP contribution in [0.4, 0.5) is 4.79 Å². The number of urea groups is 1. The number of carbonyl (C=O) groups excluding carboxylic acids is 1. The number of nitrogens with zero attached hydrogens (tertiary/aromatic N) is 1. The number of piperidine rings is 1. The maximum absolute atomic E-state index is 12.6. The normalized spacial score (nSPS) is 19.7. The van der Waals surface area contributed by atoms with Crippen LogP contribution in [-0.2, 0) is 16.4 Å². The third-order valence-electron chi connectivity index (χ3n) is 5.21. The predicted molar refractivity (Wildman–Crippen MR) is 116 cm³/mol. The molecule has 2 aromatic carbocycles. The number of hydrogen-bond donors (Lipinski definition) is 2. The largest absolute Gasteiger partial charge is 0.338 e. The highest BCUT2D eigenvalue weighted by molar-refractivity contribution is 7.88. The quantitative estimate of drug-likeness (QED) is 0.761. The minimum atomic E-state index is -3.37. The Labute approximate surface area is 173 Å². The van der Waals surface area contributed by atoms with Crippen molar-refractivity contribution in [1.82, 2.24) is 14.9 Å². The van der Waals surface area contributed by atoms with E-state index in [1.165, 1.54) is 6.26 Å². The molecule has 1 heterocycles. The molecule has 2 unspecified atom stereocenters. The van der Waals surface area contributed by atoms with Gasteiger partial charge in [-0.05, 0) is 42.9 Å². The van der Waals surface area contributed by atoms with Gasteiger partial charge in [-0.2, -0.15) is 0 Å². The molecule has 0 saturated carbocycles. The van der Waals surface area contributed by atoms with Crippen LogP contribution in [0, 0.1) is 0 Å². The van der Waals surface area contributed by atoms with Crippen LogP contribution in [0.5, 0.6) is 0 Å². The Morgan fingerprint density at radius 1 is 1.10 bits per heavy atom. The number of sulfonamides is 1. The number of hydrogen-bond acceptors (Lipinski definition) is 3. The van der Waals surface area contributed by atoms with E-state index in [9.17, 15) is 13.2 Å². The second kappa shape index (κ2) is 9.41. The summed E-state index contributed by atoms with van der Waals surface area (Å²) < 4.78 is 26.6. The molecule has 1 aliphatic heterocycles. The van der Waals surface area contributed by atoms with Gasteiger partial charge >= 0.3 is 6.03 Å². The van der Waals surface area contributed by atoms with Crippen molar-refractivity contribution >= 4 is 16.1 Å². The zero-order chi connectivity index (χ0) is 20.9. The highest BCUT2D eigenvalue weighted by atomic mass is 32.2. The van der Waals surface area contributed by atoms with Crippen molar-refractivity contribution in [1.29, 1.82) is 0 Å². The first-order chi connectivity index (χ1) is 13.9. The number of benzene rings is 2. The van der Waals surface area contributed by atoms with Crippen LogP contribution in [0.2, 0.25) is 0 Å². The van der Waals surface area contributed by atoms with Gasteiger partial charge in [0, 0.05) is 19.1 Å². The SMILES string of the molecule is CCNC(=O)N1CCCC(NS(C)(=O)=O)C1Cc1cccc(-c2ccccc2)c1. The summed E-state index contributed by atoms with van der Waals surface area (Å²) in [4.78, 5) is 14.4. The molecule has 0 radical (unpaired) electrons. The van der Waals surface area contributed by atoms with Gasteiger partial charge in [0.1, 0.15) is 0 Å². The number of amides is 2. The summed E-state index contributed by atoms with van der Waals surface area (Å²) in [5.74, 6) is 0. The zero-order valence-electron chi connectivity index (χ0n) is 17.0. The molecule has 2 atom stereocenters. The highest BCUT2D eigenvalue weighted by Gasteiger charge is 2.35. The molecule has 3 rings (SSSR count). The first kappa shape index (κ1) is 21.3. The number of rotatable bonds is 6. The average Bonchev–Trinajstić information content (AvgIpc) is 2.69. The van der Waals surface area contributed by atoms with Gasteiger partial charge in [-0.1, -0.05) is 54.6 Å². The molecule has 0 bridgehead atoms. The smallest absolute Gasteiger partial charge is 0.317 e. The lowest BCUT2D eigenvalue weighted by molar-refractivity contribution is 0.134. The summed E-state index contributed by atoms with van der Waals surface area (Å²) in [6, 6.07) is 17.7. The Bertz CT molecular complexity index is 931. The predicted octanol–water partition coefficient (Wildman–Crippen LogP) is 3.01. The van der Waals surface area contributed by atoms with Crippen molar-refractivity contribution in [3.8, 4) is 11.1 Å². The monoisotopic (exact) mass is 415 g/mol. The molecular weight excluding hydrogens is 386 g/mol. The van der Waals surface area contributed by atoms with Crippen LogP contribution in [-0.4, -0.2) is 50.8 Å². The van der Waals surface area contributed by atoms with Crippen LogP contribution in [0.3, 0.4) is 0 Å². The van der Waals surface area contributed by atoms with E-state index >= 15 is 0 Å². The van der Waals surface area contributed by atoms with E-state index < -0.39 is 10.0 Å². The van der Waals surface area contributed by atoms with Gasteiger partial charge in [-0.3, -0.25) is 0 Å². The maximum Gasteiger partial charge on any atom is 0.317 e. The van der Waals surface area contributed by atoms with E-state index in [4.69, 9.17) is 0 Å². The fourth-order valence-electron chi connectivity index (χ4n) is 3.98. The van der Waals surface area contributed by atoms with Gasteiger partial charge in [-0.15, -0.1) is 0 Å². The lowest BCUT2D eigenvalue weighted by Gasteiger charge is -2.41. The maximum atomic E-state index is 12.6. The van der Waals surface area contributed by atoms with E-state index in [2.05, 4.69) is 34.3 Å². The van der Waals surface area contributed by atoms with Crippen molar-refractivity contribution in [3.05, 3.63) is 60.2 Å². The van der Waals surface area contributed by atoms with Gasteiger partial charge in [0.05, 0.1) is 12.3 Å². The van der Waals surface area contributed by atoms with Gasteiger partial charge in [-0.25, -0.2) is 17.9 Å². The summed E-state index contributed by atoms with van der Waals surface area (Å²) in [7, 11) is -3.37. The van der Waals surface area contributed by atoms with Crippen LogP contribution < -0.4 is 10.0 Å². The fraction of sp³-hybridized carbons (Fsp3) is 0.409. The second-order valence-electron chi connectivity index (χ2n) is 7.51. The number of likely N-dealkylation sites (tertiary alicyclic amines) is 1. The molecular formula is C22H29N3O3S. The minimum Gasteiger partial charge on any atom is -0.338 e. The molecule has 0 spiro atoms. The van der Waals surface area contributed by atoms with E-state index in [0.717, 1.165) is 23.1 Å². The van der Waals surface area contributed by atoms with Gasteiger partial charge < -0.3 is 10.2 Å². The average molecular weight is 416 g/mol. The first-order valence-electron chi connectivity index (χ1n) is 10.0. The molecule has 2 aromatic rings. The zero-order valence-corrected chi connectivity index (χ0v) is 17.8. The van der Waals surface area contributed by atoms with Gasteiger partial charge in [0.25, 0.3) is 0 Å². The molecule has 156 valence electrons. The molecule has 1 aliphatic rings. The second-order valence-corrected chi connectivity index (χ2v) is 9.29. The Morgan fingerprint density at radius 3 is 2.52 bits per heavy atom. The lowest BCUT2D eigenvalue weighted by atomic mass is 9.90. The van der Waals surface area contributed by atoms with Gasteiger partial charge in [0.2, 0.25) is 10.0 Å². The van der Waals surface area contributed by atoms with E-state index in [1.807, 2.05) is 37.3 Å². The molecule has 6 nitrogen and oxygen atoms in total. The molecule has 1 saturated heterocycles. The molecule has 0 aliphatic carbocycles. The van der Waals surface area contributed by atoms with Crippen LogP contribution in [0.15, 0.2) is 54.6 Å². The van der Waals surface area contributed by atoms with Crippen molar-refractivity contribution < 1.29 is 13.2 Å². The van der Waals surface area contributed by atoms with Crippen LogP contribution in [0.1, 0.15) is 25.3 Å². The molecule has 0 aromatic heterocycles. The Morgan fingerprint density at radius 2 is 1.83 bits per heavy atom. The van der Waals surface area contributed by atoms with Crippen molar-refractivity contribution in [2.24, 2.45) is 0 Å².